The third-order valence-electron chi connectivity index (χ3n) is 3.14. The Morgan fingerprint density at radius 3 is 2.79 bits per heavy atom. The number of fused-ring (bicyclic) bond motifs is 1. The van der Waals surface area contributed by atoms with Gasteiger partial charge >= 0.3 is 0 Å². The van der Waals surface area contributed by atoms with E-state index in [0.29, 0.717) is 24.2 Å². The van der Waals surface area contributed by atoms with Crippen LogP contribution >= 0.6 is 0 Å². The van der Waals surface area contributed by atoms with Gasteiger partial charge in [-0.3, -0.25) is 4.79 Å². The number of hydrogen-bond acceptors (Lipinski definition) is 4. The fourth-order valence-electron chi connectivity index (χ4n) is 2.03. The van der Waals surface area contributed by atoms with E-state index in [9.17, 15) is 9.90 Å². The summed E-state index contributed by atoms with van der Waals surface area (Å²) in [5.74, 6) is -0.199. The summed E-state index contributed by atoms with van der Waals surface area (Å²) >= 11 is 0. The second-order valence-electron chi connectivity index (χ2n) is 5.16. The molecule has 1 aromatic rings. The van der Waals surface area contributed by atoms with Crippen LogP contribution in [-0.2, 0) is 10.3 Å². The molecule has 0 spiro atoms. The normalized spacial score (nSPS) is 18.3. The van der Waals surface area contributed by atoms with E-state index in [1.807, 2.05) is 0 Å². The number of aliphatic hydroxyl groups is 2. The highest BCUT2D eigenvalue weighted by atomic mass is 16.5. The molecule has 5 nitrogen and oxygen atoms in total. The summed E-state index contributed by atoms with van der Waals surface area (Å²) in [4.78, 5) is 11.9. The zero-order chi connectivity index (χ0) is 14.0. The third-order valence-corrected chi connectivity index (χ3v) is 3.14. The highest BCUT2D eigenvalue weighted by Gasteiger charge is 2.30. The Morgan fingerprint density at radius 2 is 2.16 bits per heavy atom. The van der Waals surface area contributed by atoms with E-state index in [1.165, 1.54) is 0 Å². The van der Waals surface area contributed by atoms with Gasteiger partial charge in [-0.05, 0) is 31.9 Å². The molecule has 1 atom stereocenters. The monoisotopic (exact) mass is 265 g/mol. The SMILES string of the molecule is CC(C)(O)c1ccc2c(c1)C(=O)NC2OCCCO. The van der Waals surface area contributed by atoms with Crippen LogP contribution < -0.4 is 5.32 Å². The maximum atomic E-state index is 11.9. The molecule has 1 amide bonds. The maximum Gasteiger partial charge on any atom is 0.253 e. The number of aliphatic hydroxyl groups excluding tert-OH is 1. The van der Waals surface area contributed by atoms with Crippen molar-refractivity contribution in [3.05, 3.63) is 34.9 Å². The minimum Gasteiger partial charge on any atom is -0.396 e. The van der Waals surface area contributed by atoms with E-state index >= 15 is 0 Å². The fourth-order valence-corrected chi connectivity index (χ4v) is 2.03. The van der Waals surface area contributed by atoms with Gasteiger partial charge < -0.3 is 20.3 Å². The van der Waals surface area contributed by atoms with Gasteiger partial charge in [0, 0.05) is 17.7 Å². The molecule has 3 N–H and O–H groups in total. The van der Waals surface area contributed by atoms with Crippen molar-refractivity contribution in [1.29, 1.82) is 0 Å². The van der Waals surface area contributed by atoms with Crippen LogP contribution in [-0.4, -0.2) is 29.3 Å². The van der Waals surface area contributed by atoms with Crippen LogP contribution in [0.5, 0.6) is 0 Å². The van der Waals surface area contributed by atoms with Crippen LogP contribution in [0.3, 0.4) is 0 Å². The molecule has 0 aliphatic carbocycles. The molecule has 19 heavy (non-hydrogen) atoms. The number of amides is 1. The Morgan fingerprint density at radius 1 is 1.42 bits per heavy atom. The number of nitrogens with one attached hydrogen (secondary N) is 1. The van der Waals surface area contributed by atoms with Crippen LogP contribution in [0, 0.1) is 0 Å². The summed E-state index contributed by atoms with van der Waals surface area (Å²) in [6.07, 6.45) is 0.0635. The molecule has 0 radical (unpaired) electrons. The van der Waals surface area contributed by atoms with Crippen LogP contribution in [0.25, 0.3) is 0 Å². The zero-order valence-corrected chi connectivity index (χ0v) is 11.1. The van der Waals surface area contributed by atoms with Gasteiger partial charge in [0.05, 0.1) is 12.2 Å². The molecule has 0 saturated carbocycles. The van der Waals surface area contributed by atoms with Gasteiger partial charge in [-0.15, -0.1) is 0 Å². The van der Waals surface area contributed by atoms with E-state index in [-0.39, 0.29) is 12.5 Å². The van der Waals surface area contributed by atoms with E-state index in [4.69, 9.17) is 9.84 Å². The second-order valence-corrected chi connectivity index (χ2v) is 5.16. The number of carbonyl (C=O) groups is 1. The Balaban J connectivity index is 2.21. The Kier molecular flexibility index (Phi) is 3.89. The molecule has 0 saturated heterocycles. The lowest BCUT2D eigenvalue weighted by Crippen LogP contribution is -2.21. The van der Waals surface area contributed by atoms with E-state index < -0.39 is 11.8 Å². The lowest BCUT2D eigenvalue weighted by Gasteiger charge is -2.18. The van der Waals surface area contributed by atoms with Gasteiger partial charge in [0.15, 0.2) is 6.23 Å². The topological polar surface area (TPSA) is 78.8 Å². The number of benzene rings is 1. The van der Waals surface area contributed by atoms with Crippen molar-refractivity contribution in [3.63, 3.8) is 0 Å². The fraction of sp³-hybridized carbons (Fsp3) is 0.500. The molecule has 1 aromatic carbocycles. The van der Waals surface area contributed by atoms with Gasteiger partial charge in [-0.25, -0.2) is 0 Å². The molecule has 0 aromatic heterocycles. The highest BCUT2D eigenvalue weighted by molar-refractivity contribution is 5.99. The predicted molar refractivity (Wildman–Crippen MR) is 69.5 cm³/mol. The van der Waals surface area contributed by atoms with Crippen molar-refractivity contribution >= 4 is 5.91 Å². The lowest BCUT2D eigenvalue weighted by atomic mass is 9.94. The first-order valence-electron chi connectivity index (χ1n) is 6.33. The molecule has 104 valence electrons. The number of hydrogen-bond donors (Lipinski definition) is 3. The summed E-state index contributed by atoms with van der Waals surface area (Å²) in [6, 6.07) is 5.28. The van der Waals surface area contributed by atoms with E-state index in [2.05, 4.69) is 5.32 Å². The summed E-state index contributed by atoms with van der Waals surface area (Å²) in [7, 11) is 0. The number of ether oxygens (including phenoxy) is 1. The Bertz CT molecular complexity index is 479. The van der Waals surface area contributed by atoms with Crippen molar-refractivity contribution in [2.75, 3.05) is 13.2 Å². The predicted octanol–water partition coefficient (Wildman–Crippen LogP) is 1.06. The minimum atomic E-state index is -0.981. The largest absolute Gasteiger partial charge is 0.396 e. The first-order valence-corrected chi connectivity index (χ1v) is 6.33. The quantitative estimate of drug-likeness (QED) is 0.695. The highest BCUT2D eigenvalue weighted by Crippen LogP contribution is 2.30. The van der Waals surface area contributed by atoms with Crippen LogP contribution in [0.1, 0.15) is 48.0 Å². The van der Waals surface area contributed by atoms with E-state index in [0.717, 1.165) is 5.56 Å². The second kappa shape index (κ2) is 5.28. The molecule has 1 aliphatic rings. The van der Waals surface area contributed by atoms with Crippen LogP contribution in [0.15, 0.2) is 18.2 Å². The van der Waals surface area contributed by atoms with Crippen molar-refractivity contribution in [2.45, 2.75) is 32.1 Å². The van der Waals surface area contributed by atoms with Gasteiger partial charge in [-0.1, -0.05) is 12.1 Å². The van der Waals surface area contributed by atoms with Crippen molar-refractivity contribution in [1.82, 2.24) is 5.32 Å². The molecule has 5 heteroatoms. The molecule has 2 rings (SSSR count). The van der Waals surface area contributed by atoms with Gasteiger partial charge in [0.1, 0.15) is 0 Å². The van der Waals surface area contributed by atoms with Crippen LogP contribution in [0.2, 0.25) is 0 Å². The van der Waals surface area contributed by atoms with E-state index in [1.54, 1.807) is 32.0 Å². The maximum absolute atomic E-state index is 11.9. The van der Waals surface area contributed by atoms with Gasteiger partial charge in [0.2, 0.25) is 0 Å². The smallest absolute Gasteiger partial charge is 0.253 e. The first-order chi connectivity index (χ1) is 8.93. The van der Waals surface area contributed by atoms with Crippen LogP contribution in [0.4, 0.5) is 0 Å². The first kappa shape index (κ1) is 14.0. The molecule has 1 heterocycles. The molecule has 0 bridgehead atoms. The summed E-state index contributed by atoms with van der Waals surface area (Å²) < 4.78 is 5.51. The molecule has 1 unspecified atom stereocenters. The molecular weight excluding hydrogens is 246 g/mol. The van der Waals surface area contributed by atoms with Crippen molar-refractivity contribution in [3.8, 4) is 0 Å². The third kappa shape index (κ3) is 2.94. The lowest BCUT2D eigenvalue weighted by molar-refractivity contribution is 0.0275. The Hall–Kier alpha value is -1.43. The number of carbonyl (C=O) groups excluding carboxylic acids is 1. The minimum absolute atomic E-state index is 0.0607. The molecule has 1 aliphatic heterocycles. The average Bonchev–Trinajstić information content (AvgIpc) is 2.66. The Labute approximate surface area is 112 Å². The summed E-state index contributed by atoms with van der Waals surface area (Å²) in [6.45, 7) is 3.80. The zero-order valence-electron chi connectivity index (χ0n) is 11.1. The van der Waals surface area contributed by atoms with Crippen molar-refractivity contribution < 1.29 is 19.7 Å². The number of rotatable bonds is 5. The standard InChI is InChI=1S/C14H19NO4/c1-14(2,18)9-4-5-10-11(8-9)12(17)15-13(10)19-7-3-6-16/h4-5,8,13,16,18H,3,6-7H2,1-2H3,(H,15,17). The molecular formula is C14H19NO4. The van der Waals surface area contributed by atoms with Crippen molar-refractivity contribution in [2.24, 2.45) is 0 Å². The summed E-state index contributed by atoms with van der Waals surface area (Å²) in [5, 5.41) is 21.4. The van der Waals surface area contributed by atoms with Gasteiger partial charge in [0.25, 0.3) is 5.91 Å². The average molecular weight is 265 g/mol. The molecule has 0 fully saturated rings. The van der Waals surface area contributed by atoms with Gasteiger partial charge in [-0.2, -0.15) is 0 Å². The summed E-state index contributed by atoms with van der Waals surface area (Å²) in [5.41, 5.74) is 1.02.